The molecular weight excluding hydrogens is 92.1 g/mol. The van der Waals surface area contributed by atoms with E-state index < -0.39 is 0 Å². The lowest BCUT2D eigenvalue weighted by molar-refractivity contribution is 0.569. The van der Waals surface area contributed by atoms with Crippen molar-refractivity contribution < 1.29 is 4.42 Å². The van der Waals surface area contributed by atoms with Gasteiger partial charge < -0.3 is 4.42 Å². The van der Waals surface area contributed by atoms with Crippen LogP contribution in [0, 0.1) is 5.53 Å². The molecule has 0 saturated heterocycles. The van der Waals surface area contributed by atoms with Crippen LogP contribution in [-0.4, -0.2) is 0 Å². The van der Waals surface area contributed by atoms with Gasteiger partial charge in [0.2, 0.25) is 5.88 Å². The Labute approximate surface area is 40.5 Å². The van der Waals surface area contributed by atoms with Gasteiger partial charge in [-0.15, -0.1) is 5.11 Å². The first-order valence-electron chi connectivity index (χ1n) is 1.84. The first kappa shape index (κ1) is 4.05. The lowest BCUT2D eigenvalue weighted by Crippen LogP contribution is -1.39. The Balaban J connectivity index is 2.96. The number of hydrogen-bond donors (Lipinski definition) is 1. The molecule has 0 unspecified atom stereocenters. The van der Waals surface area contributed by atoms with E-state index in [0.29, 0.717) is 5.88 Å². The van der Waals surface area contributed by atoms with Crippen LogP contribution >= 0.6 is 0 Å². The van der Waals surface area contributed by atoms with Crippen LogP contribution in [0.25, 0.3) is 0 Å². The molecule has 0 radical (unpaired) electrons. The quantitative estimate of drug-likeness (QED) is 0.533. The molecule has 0 bridgehead atoms. The van der Waals surface area contributed by atoms with Gasteiger partial charge in [0, 0.05) is 6.07 Å². The van der Waals surface area contributed by atoms with Crippen molar-refractivity contribution in [1.82, 2.24) is 0 Å². The molecule has 0 aliphatic heterocycles. The minimum Gasteiger partial charge on any atom is -0.445 e. The highest BCUT2D eigenvalue weighted by Gasteiger charge is 1.83. The summed E-state index contributed by atoms with van der Waals surface area (Å²) < 4.78 is 4.63. The van der Waals surface area contributed by atoms with E-state index in [0.717, 1.165) is 0 Å². The molecule has 0 aliphatic rings. The average molecular weight is 96.1 g/mol. The summed E-state index contributed by atoms with van der Waals surface area (Å²) in [6.07, 6.45) is 1.48. The van der Waals surface area contributed by atoms with Crippen molar-refractivity contribution in [1.29, 1.82) is 5.53 Å². The van der Waals surface area contributed by atoms with Crippen molar-refractivity contribution in [3.05, 3.63) is 18.4 Å². The molecule has 0 amide bonds. The molecule has 0 atom stereocenters. The predicted octanol–water partition coefficient (Wildman–Crippen LogP) is 1.94. The van der Waals surface area contributed by atoms with Crippen molar-refractivity contribution in [2.45, 2.75) is 0 Å². The molecule has 0 fully saturated rings. The van der Waals surface area contributed by atoms with Gasteiger partial charge in [0.1, 0.15) is 0 Å². The summed E-state index contributed by atoms with van der Waals surface area (Å²) in [6, 6.07) is 3.31. The van der Waals surface area contributed by atoms with E-state index in [9.17, 15) is 0 Å². The second kappa shape index (κ2) is 1.55. The van der Waals surface area contributed by atoms with Gasteiger partial charge in [-0.25, -0.2) is 5.53 Å². The third-order valence-corrected chi connectivity index (χ3v) is 0.616. The van der Waals surface area contributed by atoms with Crippen molar-refractivity contribution in [3.8, 4) is 0 Å². The third-order valence-electron chi connectivity index (χ3n) is 0.616. The molecule has 1 aromatic rings. The lowest BCUT2D eigenvalue weighted by atomic mass is 10.6. The van der Waals surface area contributed by atoms with Gasteiger partial charge >= 0.3 is 0 Å². The minimum atomic E-state index is 0.347. The number of rotatable bonds is 1. The molecule has 0 aliphatic carbocycles. The normalized spacial score (nSPS) is 8.57. The SMILES string of the molecule is N=Nc1ccco1. The van der Waals surface area contributed by atoms with Gasteiger partial charge in [0.05, 0.1) is 6.26 Å². The maximum atomic E-state index is 6.39. The van der Waals surface area contributed by atoms with Crippen molar-refractivity contribution in [2.75, 3.05) is 0 Å². The van der Waals surface area contributed by atoms with Crippen molar-refractivity contribution in [2.24, 2.45) is 5.11 Å². The number of nitrogens with one attached hydrogen (secondary N) is 1. The summed E-state index contributed by atoms with van der Waals surface area (Å²) in [5.41, 5.74) is 6.39. The minimum absolute atomic E-state index is 0.347. The standard InChI is InChI=1S/C4H4N2O/c5-6-4-2-1-3-7-4/h1-3,5H. The van der Waals surface area contributed by atoms with Crippen LogP contribution in [0.3, 0.4) is 0 Å². The molecular formula is C4H4N2O. The number of furan rings is 1. The summed E-state index contributed by atoms with van der Waals surface area (Å²) in [5.74, 6) is 0.347. The maximum absolute atomic E-state index is 6.39. The van der Waals surface area contributed by atoms with Crippen LogP contribution in [0.5, 0.6) is 0 Å². The average Bonchev–Trinajstić information content (AvgIpc) is 2.14. The van der Waals surface area contributed by atoms with Crippen molar-refractivity contribution in [3.63, 3.8) is 0 Å². The molecule has 0 aromatic carbocycles. The molecule has 0 saturated carbocycles. The van der Waals surface area contributed by atoms with Gasteiger partial charge in [-0.05, 0) is 6.07 Å². The van der Waals surface area contributed by atoms with Crippen LogP contribution in [0.15, 0.2) is 27.9 Å². The van der Waals surface area contributed by atoms with Gasteiger partial charge in [-0.1, -0.05) is 0 Å². The van der Waals surface area contributed by atoms with Crippen LogP contribution in [0.2, 0.25) is 0 Å². The molecule has 1 heterocycles. The Morgan fingerprint density at radius 1 is 1.71 bits per heavy atom. The summed E-state index contributed by atoms with van der Waals surface area (Å²) in [7, 11) is 0. The molecule has 0 spiro atoms. The number of hydrogen-bond acceptors (Lipinski definition) is 3. The van der Waals surface area contributed by atoms with Crippen LogP contribution in [-0.2, 0) is 0 Å². The van der Waals surface area contributed by atoms with Crippen LogP contribution in [0.1, 0.15) is 0 Å². The Hall–Kier alpha value is -1.12. The fourth-order valence-electron chi connectivity index (χ4n) is 0.334. The number of nitrogens with zero attached hydrogens (tertiary/aromatic N) is 1. The Bertz CT molecular complexity index is 145. The smallest absolute Gasteiger partial charge is 0.237 e. The van der Waals surface area contributed by atoms with E-state index in [-0.39, 0.29) is 0 Å². The van der Waals surface area contributed by atoms with E-state index >= 15 is 0 Å². The molecule has 36 valence electrons. The second-order valence-electron chi connectivity index (χ2n) is 1.06. The van der Waals surface area contributed by atoms with Gasteiger partial charge in [-0.2, -0.15) is 0 Å². The van der Waals surface area contributed by atoms with Gasteiger partial charge in [0.25, 0.3) is 0 Å². The van der Waals surface area contributed by atoms with Crippen LogP contribution in [0.4, 0.5) is 5.88 Å². The fourth-order valence-corrected chi connectivity index (χ4v) is 0.334. The highest BCUT2D eigenvalue weighted by molar-refractivity contribution is 5.18. The summed E-state index contributed by atoms with van der Waals surface area (Å²) in [4.78, 5) is 0. The van der Waals surface area contributed by atoms with E-state index in [1.807, 2.05) is 0 Å². The second-order valence-corrected chi connectivity index (χ2v) is 1.06. The summed E-state index contributed by atoms with van der Waals surface area (Å²) >= 11 is 0. The topological polar surface area (TPSA) is 49.4 Å². The highest BCUT2D eigenvalue weighted by atomic mass is 16.3. The highest BCUT2D eigenvalue weighted by Crippen LogP contribution is 2.08. The zero-order valence-electron chi connectivity index (χ0n) is 3.59. The van der Waals surface area contributed by atoms with E-state index in [1.54, 1.807) is 12.1 Å². The fraction of sp³-hybridized carbons (Fsp3) is 0. The van der Waals surface area contributed by atoms with E-state index in [4.69, 9.17) is 5.53 Å². The Morgan fingerprint density at radius 2 is 2.57 bits per heavy atom. The molecule has 1 rings (SSSR count). The van der Waals surface area contributed by atoms with E-state index in [2.05, 4.69) is 9.53 Å². The monoisotopic (exact) mass is 96.0 g/mol. The molecule has 3 nitrogen and oxygen atoms in total. The Kier molecular flexibility index (Phi) is 0.898. The van der Waals surface area contributed by atoms with Crippen LogP contribution < -0.4 is 0 Å². The van der Waals surface area contributed by atoms with Gasteiger partial charge in [0.15, 0.2) is 0 Å². The first-order chi connectivity index (χ1) is 3.43. The zero-order chi connectivity index (χ0) is 5.11. The molecule has 1 aromatic heterocycles. The summed E-state index contributed by atoms with van der Waals surface area (Å²) in [5, 5.41) is 3.01. The first-order valence-corrected chi connectivity index (χ1v) is 1.84. The predicted molar refractivity (Wildman–Crippen MR) is 23.5 cm³/mol. The third kappa shape index (κ3) is 0.652. The zero-order valence-corrected chi connectivity index (χ0v) is 3.59. The molecule has 1 N–H and O–H groups in total. The molecule has 3 heteroatoms. The van der Waals surface area contributed by atoms with E-state index in [1.165, 1.54) is 6.26 Å². The summed E-state index contributed by atoms with van der Waals surface area (Å²) in [6.45, 7) is 0. The maximum Gasteiger partial charge on any atom is 0.237 e. The largest absolute Gasteiger partial charge is 0.445 e. The van der Waals surface area contributed by atoms with Gasteiger partial charge in [-0.3, -0.25) is 0 Å². The molecule has 7 heavy (non-hydrogen) atoms. The lowest BCUT2D eigenvalue weighted by Gasteiger charge is -1.70. The van der Waals surface area contributed by atoms with Crippen molar-refractivity contribution >= 4 is 5.88 Å². The Morgan fingerprint density at radius 3 is 2.86 bits per heavy atom.